The van der Waals surface area contributed by atoms with E-state index in [-0.39, 0.29) is 35.8 Å². The number of amides is 3. The number of para-hydroxylation sites is 6. The molecule has 2 aliphatic carbocycles. The fourth-order valence-electron chi connectivity index (χ4n) is 11.0. The van der Waals surface area contributed by atoms with Gasteiger partial charge in [0.25, 0.3) is 17.7 Å². The van der Waals surface area contributed by atoms with Crippen molar-refractivity contribution in [2.45, 2.75) is 89.5 Å². The van der Waals surface area contributed by atoms with Crippen molar-refractivity contribution in [1.29, 1.82) is 0 Å². The van der Waals surface area contributed by atoms with Gasteiger partial charge < -0.3 is 39.8 Å². The quantitative estimate of drug-likeness (QED) is 0.0549. The molecule has 15 rings (SSSR count). The fraction of sp³-hybridized carbons (Fsp3) is 0.279. The van der Waals surface area contributed by atoms with E-state index in [1.165, 1.54) is 16.8 Å². The van der Waals surface area contributed by atoms with Gasteiger partial charge in [0.15, 0.2) is 16.7 Å². The third-order valence-corrected chi connectivity index (χ3v) is 16.9. The monoisotopic (exact) mass is 1350 g/mol. The van der Waals surface area contributed by atoms with Gasteiger partial charge in [-0.3, -0.25) is 49.7 Å². The van der Waals surface area contributed by atoms with Crippen LogP contribution in [0.15, 0.2) is 159 Å². The van der Waals surface area contributed by atoms with E-state index in [0.717, 1.165) is 49.6 Å². The van der Waals surface area contributed by atoms with Crippen molar-refractivity contribution in [2.75, 3.05) is 21.3 Å². The van der Waals surface area contributed by atoms with Crippen molar-refractivity contribution >= 4 is 138 Å². The summed E-state index contributed by atoms with van der Waals surface area (Å²) in [5.74, 6) is 0.431. The van der Waals surface area contributed by atoms with Crippen LogP contribution in [0.5, 0.6) is 0 Å². The Bertz CT molecular complexity index is 4650. The number of aliphatic imine (C=N–C) groups is 3. The minimum absolute atomic E-state index is 0.154. The molecule has 10 heterocycles. The first-order chi connectivity index (χ1) is 45.4. The lowest BCUT2D eigenvalue weighted by Crippen LogP contribution is -2.41. The van der Waals surface area contributed by atoms with Gasteiger partial charge in [0.05, 0.1) is 31.8 Å². The number of guanidine groups is 3. The molecule has 0 saturated heterocycles. The van der Waals surface area contributed by atoms with Gasteiger partial charge in [-0.05, 0) is 82.9 Å². The van der Waals surface area contributed by atoms with Crippen LogP contribution in [0.2, 0.25) is 15.1 Å². The number of hydrogen-bond acceptors (Lipinski definition) is 24. The Morgan fingerprint density at radius 1 is 0.511 bits per heavy atom. The van der Waals surface area contributed by atoms with Crippen LogP contribution in [-0.2, 0) is 35.5 Å². The standard InChI is InChI=1S/C22H24ClN7O2.C20H20ClN7O2.C19H16ClN9O2S/c1-12-17(20(31)25-13-7-3-4-8-13)19(18-14(23)11-30(2)29-18)27-21(24-12)28-22-26-15-9-5-6-10-16(15)32-22;1-10-15(18(29)23-11-7-8-11)17(16-12(21)9-28(2)27-16)25-19(22-10)26-20-24-13-5-3-4-6-14(13)30-20;1-9-13(16(30)25-19-27-21-8-32-19)15(14-10(20)7-29(2)28-14)24-17(22-9)26-18-23-11-5-3-4-6-12(11)31-18/h5-6,9-11,13,19H,3-4,7-8H2,1-2H3,(H,25,31)(H2,24,26,27,28);3-6,9,11,17H,7-8H2,1-2H3,(H,23,29)(H2,22,24,25,26);3-8,15H,1-2H3,(H,25,27,30)(H2,22,23,24,26). The molecule has 3 aliphatic heterocycles. The number of carbonyl (C=O) groups is 3. The maximum atomic E-state index is 13.2. The van der Waals surface area contributed by atoms with Gasteiger partial charge in [0, 0.05) is 68.9 Å². The Hall–Kier alpha value is -10.4. The SMILES string of the molecule is CC1=C(C(=O)NC2CC2)C(c2nn(C)cc2Cl)N=C(Nc2nc3ccccc3o2)N1.CC1=C(C(=O)NC2CCCC2)C(c2nn(C)cc2Cl)N=C(Nc2nc3ccccc3o2)N1.CC1=C(C(=O)Nc2nncs2)C(c2nn(C)cc2Cl)N=C(Nc2nc3ccccc3o2)N1. The Kier molecular flexibility index (Phi) is 17.7. The summed E-state index contributed by atoms with van der Waals surface area (Å²) in [6.07, 6.45) is 11.3. The minimum atomic E-state index is -0.773. The molecule has 2 saturated carbocycles. The van der Waals surface area contributed by atoms with Crippen LogP contribution in [-0.4, -0.2) is 102 Å². The highest BCUT2D eigenvalue weighted by Crippen LogP contribution is 2.38. The summed E-state index contributed by atoms with van der Waals surface area (Å²) in [5, 5.41) is 50.1. The number of fused-ring (bicyclic) bond motifs is 3. The molecule has 0 spiro atoms. The van der Waals surface area contributed by atoms with E-state index in [2.05, 4.69) is 98.3 Å². The molecular weight excluding hydrogens is 1290 g/mol. The highest BCUT2D eigenvalue weighted by atomic mass is 35.5. The van der Waals surface area contributed by atoms with Crippen LogP contribution < -0.4 is 47.9 Å². The van der Waals surface area contributed by atoms with E-state index in [9.17, 15) is 14.4 Å². The molecule has 482 valence electrons. The van der Waals surface area contributed by atoms with Crippen LogP contribution >= 0.6 is 46.1 Å². The number of nitrogens with one attached hydrogen (secondary N) is 9. The number of aromatic nitrogens is 11. The van der Waals surface area contributed by atoms with Gasteiger partial charge in [0.1, 0.15) is 57.3 Å². The third kappa shape index (κ3) is 13.8. The molecule has 7 aromatic heterocycles. The molecule has 29 nitrogen and oxygen atoms in total. The Balaban J connectivity index is 0.000000128. The largest absolute Gasteiger partial charge is 0.423 e. The Labute approximate surface area is 553 Å². The molecule has 10 aromatic rings. The summed E-state index contributed by atoms with van der Waals surface area (Å²) in [4.78, 5) is 66.6. The molecule has 2 fully saturated rings. The van der Waals surface area contributed by atoms with Crippen molar-refractivity contribution in [3.63, 3.8) is 0 Å². The second kappa shape index (κ2) is 26.7. The molecule has 0 bridgehead atoms. The number of anilines is 4. The number of rotatable bonds is 12. The maximum Gasteiger partial charge on any atom is 0.302 e. The van der Waals surface area contributed by atoms with Crippen molar-refractivity contribution in [1.82, 2.24) is 81.1 Å². The molecule has 3 unspecified atom stereocenters. The number of halogens is 3. The van der Waals surface area contributed by atoms with Crippen molar-refractivity contribution in [2.24, 2.45) is 36.1 Å². The number of benzene rings is 3. The maximum absolute atomic E-state index is 13.2. The van der Waals surface area contributed by atoms with Crippen LogP contribution in [0.25, 0.3) is 33.3 Å². The number of nitrogens with zero attached hydrogens (tertiary/aromatic N) is 14. The second-order valence-corrected chi connectivity index (χ2v) is 24.5. The summed E-state index contributed by atoms with van der Waals surface area (Å²) in [7, 11) is 5.31. The number of oxazole rings is 3. The third-order valence-electron chi connectivity index (χ3n) is 15.4. The zero-order valence-electron chi connectivity index (χ0n) is 51.1. The predicted molar refractivity (Wildman–Crippen MR) is 356 cm³/mol. The van der Waals surface area contributed by atoms with Gasteiger partial charge in [-0.25, -0.2) is 15.0 Å². The highest BCUT2D eigenvalue weighted by Gasteiger charge is 2.38. The average Bonchev–Trinajstić information content (AvgIpc) is 1.38. The molecule has 9 N–H and O–H groups in total. The first-order valence-electron chi connectivity index (χ1n) is 29.7. The molecule has 33 heteroatoms. The summed E-state index contributed by atoms with van der Waals surface area (Å²) in [5.41, 5.74) is 10.4. The van der Waals surface area contributed by atoms with Gasteiger partial charge in [-0.15, -0.1) is 10.2 Å². The van der Waals surface area contributed by atoms with Crippen LogP contribution in [0.1, 0.15) is 94.5 Å². The Morgan fingerprint density at radius 3 is 1.18 bits per heavy atom. The topological polar surface area (TPSA) is 354 Å². The lowest BCUT2D eigenvalue weighted by Gasteiger charge is -2.26. The van der Waals surface area contributed by atoms with Crippen molar-refractivity contribution in [3.8, 4) is 0 Å². The highest BCUT2D eigenvalue weighted by molar-refractivity contribution is 7.13. The van der Waals surface area contributed by atoms with E-state index in [0.29, 0.717) is 123 Å². The van der Waals surface area contributed by atoms with E-state index >= 15 is 0 Å². The molecule has 3 atom stereocenters. The molecule has 0 radical (unpaired) electrons. The average molecular weight is 1350 g/mol. The van der Waals surface area contributed by atoms with E-state index in [4.69, 9.17) is 53.0 Å². The first kappa shape index (κ1) is 62.4. The predicted octanol–water partition coefficient (Wildman–Crippen LogP) is 9.63. The van der Waals surface area contributed by atoms with E-state index < -0.39 is 18.1 Å². The molecule has 94 heavy (non-hydrogen) atoms. The van der Waals surface area contributed by atoms with Crippen LogP contribution in [0.3, 0.4) is 0 Å². The fourth-order valence-corrected chi connectivity index (χ4v) is 12.3. The minimum Gasteiger partial charge on any atom is -0.423 e. The second-order valence-electron chi connectivity index (χ2n) is 22.5. The van der Waals surface area contributed by atoms with Crippen molar-refractivity contribution in [3.05, 3.63) is 163 Å². The smallest absolute Gasteiger partial charge is 0.302 e. The molecule has 3 aromatic carbocycles. The molecule has 5 aliphatic rings. The lowest BCUT2D eigenvalue weighted by atomic mass is 9.99. The summed E-state index contributed by atoms with van der Waals surface area (Å²) in [6, 6.07) is 21.5. The first-order valence-corrected chi connectivity index (χ1v) is 31.8. The zero-order chi connectivity index (χ0) is 65.3. The van der Waals surface area contributed by atoms with Gasteiger partial charge in [0.2, 0.25) is 23.0 Å². The lowest BCUT2D eigenvalue weighted by molar-refractivity contribution is -0.119. The van der Waals surface area contributed by atoms with Crippen LogP contribution in [0.4, 0.5) is 23.2 Å². The number of allylic oxidation sites excluding steroid dienone is 3. The normalized spacial score (nSPS) is 18.1. The van der Waals surface area contributed by atoms with Gasteiger partial charge >= 0.3 is 18.0 Å². The van der Waals surface area contributed by atoms with Gasteiger partial charge in [-0.1, -0.05) is 95.4 Å². The number of carbonyl (C=O) groups excluding carboxylic acids is 3. The van der Waals surface area contributed by atoms with Crippen molar-refractivity contribution < 1.29 is 27.6 Å². The van der Waals surface area contributed by atoms with E-state index in [1.54, 1.807) is 60.7 Å². The summed E-state index contributed by atoms with van der Waals surface area (Å²) >= 11 is 20.5. The molecule has 3 amide bonds. The van der Waals surface area contributed by atoms with Gasteiger partial charge in [-0.2, -0.15) is 30.2 Å². The Morgan fingerprint density at radius 2 is 0.862 bits per heavy atom. The molecular formula is C61H60Cl3N23O6S. The summed E-state index contributed by atoms with van der Waals surface area (Å²) in [6.45, 7) is 5.44. The van der Waals surface area contributed by atoms with Crippen LogP contribution in [0, 0.1) is 0 Å². The number of hydrogen-bond donors (Lipinski definition) is 9. The zero-order valence-corrected chi connectivity index (χ0v) is 54.2. The summed E-state index contributed by atoms with van der Waals surface area (Å²) < 4.78 is 22.0. The van der Waals surface area contributed by atoms with E-state index in [1.807, 2.05) is 86.6 Å². The number of aryl methyl sites for hydroxylation is 3.